The van der Waals surface area contributed by atoms with Crippen LogP contribution >= 0.6 is 15.9 Å². The van der Waals surface area contributed by atoms with Gasteiger partial charge in [0.15, 0.2) is 5.78 Å². The van der Waals surface area contributed by atoms with Gasteiger partial charge in [0.05, 0.1) is 0 Å². The van der Waals surface area contributed by atoms with Gasteiger partial charge in [-0.1, -0.05) is 42.8 Å². The third-order valence-corrected chi connectivity index (χ3v) is 3.62. The van der Waals surface area contributed by atoms with E-state index in [4.69, 9.17) is 0 Å². The molecule has 1 nitrogen and oxygen atoms in total. The van der Waals surface area contributed by atoms with Crippen molar-refractivity contribution in [3.8, 4) is 0 Å². The van der Waals surface area contributed by atoms with E-state index in [-0.39, 0.29) is 11.3 Å². The fourth-order valence-corrected chi connectivity index (χ4v) is 2.52. The molecule has 0 radical (unpaired) electrons. The molecule has 1 aliphatic carbocycles. The van der Waals surface area contributed by atoms with Gasteiger partial charge in [0.2, 0.25) is 0 Å². The van der Waals surface area contributed by atoms with E-state index in [0.29, 0.717) is 5.78 Å². The van der Waals surface area contributed by atoms with Gasteiger partial charge in [0, 0.05) is 16.0 Å². The van der Waals surface area contributed by atoms with E-state index < -0.39 is 0 Å². The molecule has 80 valence electrons. The Labute approximate surface area is 99.0 Å². The molecule has 2 heteroatoms. The third-order valence-electron chi connectivity index (χ3n) is 3.12. The number of benzene rings is 1. The summed E-state index contributed by atoms with van der Waals surface area (Å²) in [6, 6.07) is 6.02. The molecule has 1 aromatic carbocycles. The smallest absolute Gasteiger partial charge is 0.167 e. The SMILES string of the molecule is CC(C)(C)C1Cc2ccc(Br)cc2C1=O. The maximum Gasteiger partial charge on any atom is 0.167 e. The number of fused-ring (bicyclic) bond motifs is 1. The van der Waals surface area contributed by atoms with Gasteiger partial charge in [-0.2, -0.15) is 0 Å². The minimum atomic E-state index is 0.0581. The van der Waals surface area contributed by atoms with Gasteiger partial charge in [-0.25, -0.2) is 0 Å². The Balaban J connectivity index is 2.42. The topological polar surface area (TPSA) is 17.1 Å². The van der Waals surface area contributed by atoms with Crippen molar-refractivity contribution in [3.05, 3.63) is 33.8 Å². The summed E-state index contributed by atoms with van der Waals surface area (Å²) in [5.74, 6) is 0.445. The van der Waals surface area contributed by atoms with Crippen LogP contribution in [0.25, 0.3) is 0 Å². The summed E-state index contributed by atoms with van der Waals surface area (Å²) in [4.78, 5) is 12.2. The van der Waals surface area contributed by atoms with E-state index in [1.165, 1.54) is 5.56 Å². The molecule has 0 saturated heterocycles. The van der Waals surface area contributed by atoms with E-state index >= 15 is 0 Å². The van der Waals surface area contributed by atoms with Crippen molar-refractivity contribution in [1.82, 2.24) is 0 Å². The Hall–Kier alpha value is -0.630. The second-order valence-corrected chi connectivity index (χ2v) is 6.20. The normalized spacial score (nSPS) is 20.5. The first kappa shape index (κ1) is 10.9. The Morgan fingerprint density at radius 1 is 1.33 bits per heavy atom. The van der Waals surface area contributed by atoms with Gasteiger partial charge in [-0.15, -0.1) is 0 Å². The minimum Gasteiger partial charge on any atom is -0.294 e. The van der Waals surface area contributed by atoms with Gasteiger partial charge < -0.3 is 0 Å². The zero-order valence-electron chi connectivity index (χ0n) is 9.30. The number of carbonyl (C=O) groups excluding carboxylic acids is 1. The van der Waals surface area contributed by atoms with E-state index in [0.717, 1.165) is 16.5 Å². The lowest BCUT2D eigenvalue weighted by molar-refractivity contribution is 0.0843. The monoisotopic (exact) mass is 266 g/mol. The second kappa shape index (κ2) is 3.44. The molecule has 0 fully saturated rings. The third kappa shape index (κ3) is 1.87. The van der Waals surface area contributed by atoms with Crippen LogP contribution in [0.1, 0.15) is 36.7 Å². The van der Waals surface area contributed by atoms with Gasteiger partial charge in [0.25, 0.3) is 0 Å². The predicted molar refractivity (Wildman–Crippen MR) is 65.1 cm³/mol. The van der Waals surface area contributed by atoms with Crippen LogP contribution in [-0.4, -0.2) is 5.78 Å². The molecule has 1 aliphatic rings. The summed E-state index contributed by atoms with van der Waals surface area (Å²) in [6.45, 7) is 6.41. The summed E-state index contributed by atoms with van der Waals surface area (Å²) in [5, 5.41) is 0. The first-order valence-corrected chi connectivity index (χ1v) is 6.01. The van der Waals surface area contributed by atoms with E-state index in [1.807, 2.05) is 12.1 Å². The van der Waals surface area contributed by atoms with Crippen molar-refractivity contribution >= 4 is 21.7 Å². The summed E-state index contributed by atoms with van der Waals surface area (Å²) >= 11 is 3.41. The second-order valence-electron chi connectivity index (χ2n) is 5.29. The highest BCUT2D eigenvalue weighted by atomic mass is 79.9. The maximum atomic E-state index is 12.2. The average Bonchev–Trinajstić information content (AvgIpc) is 2.43. The Kier molecular flexibility index (Phi) is 2.50. The lowest BCUT2D eigenvalue weighted by Gasteiger charge is -2.24. The number of carbonyl (C=O) groups is 1. The molecular formula is C13H15BrO. The quantitative estimate of drug-likeness (QED) is 0.697. The van der Waals surface area contributed by atoms with Gasteiger partial charge in [-0.05, 0) is 29.5 Å². The molecule has 0 bridgehead atoms. The number of hydrogen-bond acceptors (Lipinski definition) is 1. The molecule has 0 heterocycles. The van der Waals surface area contributed by atoms with Gasteiger partial charge >= 0.3 is 0 Å². The van der Waals surface area contributed by atoms with Crippen molar-refractivity contribution in [2.75, 3.05) is 0 Å². The van der Waals surface area contributed by atoms with Crippen molar-refractivity contribution < 1.29 is 4.79 Å². The van der Waals surface area contributed by atoms with Crippen LogP contribution in [0.3, 0.4) is 0 Å². The zero-order valence-corrected chi connectivity index (χ0v) is 10.9. The molecule has 0 amide bonds. The molecule has 0 spiro atoms. The number of rotatable bonds is 0. The van der Waals surface area contributed by atoms with Crippen LogP contribution in [0, 0.1) is 11.3 Å². The Morgan fingerprint density at radius 2 is 2.00 bits per heavy atom. The van der Waals surface area contributed by atoms with Gasteiger partial charge in [0.1, 0.15) is 0 Å². The van der Waals surface area contributed by atoms with Crippen LogP contribution in [0.4, 0.5) is 0 Å². The Bertz CT molecular complexity index is 415. The summed E-state index contributed by atoms with van der Waals surface area (Å²) < 4.78 is 0.990. The largest absolute Gasteiger partial charge is 0.294 e. The molecule has 0 saturated carbocycles. The number of ketones is 1. The van der Waals surface area contributed by atoms with Crippen molar-refractivity contribution in [1.29, 1.82) is 0 Å². The molecule has 0 N–H and O–H groups in total. The maximum absolute atomic E-state index is 12.2. The molecular weight excluding hydrogens is 252 g/mol. The van der Waals surface area contributed by atoms with E-state index in [2.05, 4.69) is 42.8 Å². The number of hydrogen-bond donors (Lipinski definition) is 0. The van der Waals surface area contributed by atoms with Crippen LogP contribution in [-0.2, 0) is 6.42 Å². The highest BCUT2D eigenvalue weighted by Crippen LogP contribution is 2.38. The molecule has 0 aliphatic heterocycles. The van der Waals surface area contributed by atoms with Crippen molar-refractivity contribution in [3.63, 3.8) is 0 Å². The lowest BCUT2D eigenvalue weighted by atomic mass is 9.78. The fourth-order valence-electron chi connectivity index (χ4n) is 2.16. The summed E-state index contributed by atoms with van der Waals surface area (Å²) in [7, 11) is 0. The predicted octanol–water partition coefficient (Wildman–Crippen LogP) is 3.85. The summed E-state index contributed by atoms with van der Waals surface area (Å²) in [6.07, 6.45) is 0.894. The van der Waals surface area contributed by atoms with Crippen LogP contribution in [0.5, 0.6) is 0 Å². The van der Waals surface area contributed by atoms with Crippen LogP contribution in [0.15, 0.2) is 22.7 Å². The number of halogens is 1. The standard InChI is InChI=1S/C13H15BrO/c1-13(2,3)11-6-8-4-5-9(14)7-10(8)12(11)15/h4-5,7,11H,6H2,1-3H3. The number of Topliss-reactive ketones (excluding diaryl/α,β-unsaturated/α-hetero) is 1. The molecule has 1 atom stereocenters. The first-order chi connectivity index (χ1) is 6.89. The van der Waals surface area contributed by atoms with E-state index in [9.17, 15) is 4.79 Å². The first-order valence-electron chi connectivity index (χ1n) is 5.22. The van der Waals surface area contributed by atoms with Crippen LogP contribution in [0.2, 0.25) is 0 Å². The molecule has 0 aromatic heterocycles. The highest BCUT2D eigenvalue weighted by molar-refractivity contribution is 9.10. The Morgan fingerprint density at radius 3 is 2.60 bits per heavy atom. The molecule has 1 aromatic rings. The average molecular weight is 267 g/mol. The minimum absolute atomic E-state index is 0.0581. The van der Waals surface area contributed by atoms with E-state index in [1.54, 1.807) is 0 Å². The summed E-state index contributed by atoms with van der Waals surface area (Å²) in [5.41, 5.74) is 2.16. The van der Waals surface area contributed by atoms with Crippen molar-refractivity contribution in [2.24, 2.45) is 11.3 Å². The lowest BCUT2D eigenvalue weighted by Crippen LogP contribution is -2.25. The van der Waals surface area contributed by atoms with Crippen molar-refractivity contribution in [2.45, 2.75) is 27.2 Å². The molecule has 1 unspecified atom stereocenters. The fraction of sp³-hybridized carbons (Fsp3) is 0.462. The van der Waals surface area contributed by atoms with Crippen LogP contribution < -0.4 is 0 Å². The molecule has 2 rings (SSSR count). The van der Waals surface area contributed by atoms with Gasteiger partial charge in [-0.3, -0.25) is 4.79 Å². The zero-order chi connectivity index (χ0) is 11.2. The highest BCUT2D eigenvalue weighted by Gasteiger charge is 2.38. The molecule has 15 heavy (non-hydrogen) atoms.